The summed E-state index contributed by atoms with van der Waals surface area (Å²) in [5, 5.41) is 4.56. The van der Waals surface area contributed by atoms with E-state index >= 15 is 0 Å². The molecule has 3 rings (SSSR count). The van der Waals surface area contributed by atoms with Gasteiger partial charge in [-0.1, -0.05) is 20.3 Å². The second kappa shape index (κ2) is 12.6. The van der Waals surface area contributed by atoms with Crippen LogP contribution in [0.15, 0.2) is 28.0 Å². The Hall–Kier alpha value is -3.36. The first kappa shape index (κ1) is 27.2. The number of aryl methyl sites for hydroxylation is 2. The molecule has 0 aliphatic heterocycles. The molecule has 0 saturated carbocycles. The summed E-state index contributed by atoms with van der Waals surface area (Å²) < 4.78 is 7.72. The Morgan fingerprint density at radius 2 is 1.83 bits per heavy atom. The van der Waals surface area contributed by atoms with Crippen LogP contribution >= 0.6 is 0 Å². The summed E-state index contributed by atoms with van der Waals surface area (Å²) in [6.07, 6.45) is 2.56. The van der Waals surface area contributed by atoms with E-state index in [1.54, 1.807) is 11.7 Å². The lowest BCUT2D eigenvalue weighted by molar-refractivity contribution is 0.318. The van der Waals surface area contributed by atoms with E-state index in [2.05, 4.69) is 67.5 Å². The second-order valence-corrected chi connectivity index (χ2v) is 8.65. The molecular formula is C27H41N7O2. The quantitative estimate of drug-likeness (QED) is 0.309. The Labute approximate surface area is 214 Å². The van der Waals surface area contributed by atoms with Crippen molar-refractivity contribution in [3.8, 4) is 17.1 Å². The molecule has 0 unspecified atom stereocenters. The van der Waals surface area contributed by atoms with Gasteiger partial charge in [0.25, 0.3) is 5.56 Å². The van der Waals surface area contributed by atoms with Crippen LogP contribution in [0.25, 0.3) is 22.4 Å². The first-order valence-corrected chi connectivity index (χ1v) is 13.2. The Bertz CT molecular complexity index is 1240. The number of fused-ring (bicyclic) bond motifs is 1. The number of aliphatic imine (C=N–C) groups is 1. The molecule has 0 aliphatic rings. The number of benzene rings is 1. The topological polar surface area (TPSA) is 91.6 Å². The fourth-order valence-corrected chi connectivity index (χ4v) is 4.43. The van der Waals surface area contributed by atoms with Gasteiger partial charge in [-0.2, -0.15) is 5.10 Å². The molecule has 0 atom stereocenters. The van der Waals surface area contributed by atoms with Gasteiger partial charge in [0.15, 0.2) is 5.52 Å². The molecule has 9 nitrogen and oxygen atoms in total. The molecular weight excluding hydrogens is 454 g/mol. The molecule has 0 radical (unpaired) electrons. The van der Waals surface area contributed by atoms with E-state index in [0.29, 0.717) is 35.8 Å². The molecule has 9 heteroatoms. The SMILES string of the molecule is CCCOc1ccc(N(CC)C(=NCC)N(CC)CC)cc1-c1nc2c(CCC)nn(C)c2c(=O)[nH]1. The fraction of sp³-hybridized carbons (Fsp3) is 0.556. The molecule has 0 fully saturated rings. The van der Waals surface area contributed by atoms with Crippen LogP contribution in [0.5, 0.6) is 5.75 Å². The summed E-state index contributed by atoms with van der Waals surface area (Å²) in [7, 11) is 1.79. The van der Waals surface area contributed by atoms with E-state index in [1.807, 2.05) is 12.1 Å². The van der Waals surface area contributed by atoms with Crippen LogP contribution in [0, 0.1) is 0 Å². The third-order valence-electron chi connectivity index (χ3n) is 6.14. The van der Waals surface area contributed by atoms with Crippen LogP contribution in [-0.2, 0) is 13.5 Å². The first-order chi connectivity index (χ1) is 17.4. The van der Waals surface area contributed by atoms with Gasteiger partial charge in [-0.05, 0) is 58.7 Å². The highest BCUT2D eigenvalue weighted by Crippen LogP contribution is 2.33. The molecule has 36 heavy (non-hydrogen) atoms. The van der Waals surface area contributed by atoms with Crippen LogP contribution in [0.3, 0.4) is 0 Å². The highest BCUT2D eigenvalue weighted by molar-refractivity contribution is 5.97. The Morgan fingerprint density at radius 3 is 2.44 bits per heavy atom. The van der Waals surface area contributed by atoms with Crippen molar-refractivity contribution in [3.63, 3.8) is 0 Å². The van der Waals surface area contributed by atoms with E-state index in [4.69, 9.17) is 14.7 Å². The number of H-pyrrole nitrogens is 1. The van der Waals surface area contributed by atoms with E-state index in [9.17, 15) is 4.79 Å². The molecule has 0 saturated heterocycles. The van der Waals surface area contributed by atoms with Crippen LogP contribution in [-0.4, -0.2) is 63.4 Å². The van der Waals surface area contributed by atoms with Crippen molar-refractivity contribution in [3.05, 3.63) is 34.2 Å². The van der Waals surface area contributed by atoms with Crippen LogP contribution in [0.1, 0.15) is 60.1 Å². The van der Waals surface area contributed by atoms with Gasteiger partial charge in [-0.25, -0.2) is 4.98 Å². The molecule has 0 aliphatic carbocycles. The molecule has 3 aromatic rings. The van der Waals surface area contributed by atoms with Crippen LogP contribution in [0.4, 0.5) is 5.69 Å². The van der Waals surface area contributed by atoms with Crippen molar-refractivity contribution in [2.75, 3.05) is 37.7 Å². The van der Waals surface area contributed by atoms with Crippen molar-refractivity contribution in [2.45, 2.75) is 60.8 Å². The molecule has 2 heterocycles. The highest BCUT2D eigenvalue weighted by Gasteiger charge is 2.21. The number of guanidine groups is 1. The molecule has 196 valence electrons. The van der Waals surface area contributed by atoms with Crippen LogP contribution < -0.4 is 15.2 Å². The number of aromatic amines is 1. The zero-order valence-electron chi connectivity index (χ0n) is 22.9. The number of hydrogen-bond donors (Lipinski definition) is 1. The summed E-state index contributed by atoms with van der Waals surface area (Å²) in [6.45, 7) is 16.4. The van der Waals surface area contributed by atoms with E-state index in [0.717, 1.165) is 61.8 Å². The lowest BCUT2D eigenvalue weighted by Gasteiger charge is -2.33. The Morgan fingerprint density at radius 1 is 1.08 bits per heavy atom. The maximum absolute atomic E-state index is 13.1. The van der Waals surface area contributed by atoms with Crippen molar-refractivity contribution in [2.24, 2.45) is 12.0 Å². The predicted octanol–water partition coefficient (Wildman–Crippen LogP) is 4.61. The molecule has 0 amide bonds. The summed E-state index contributed by atoms with van der Waals surface area (Å²) in [5.74, 6) is 2.11. The first-order valence-electron chi connectivity index (χ1n) is 13.2. The maximum atomic E-state index is 13.1. The van der Waals surface area contributed by atoms with Gasteiger partial charge >= 0.3 is 0 Å². The van der Waals surface area contributed by atoms with Gasteiger partial charge in [0.05, 0.1) is 17.9 Å². The largest absolute Gasteiger partial charge is 0.493 e. The number of anilines is 1. The number of aromatic nitrogens is 4. The van der Waals surface area contributed by atoms with E-state index in [1.165, 1.54) is 0 Å². The molecule has 1 aromatic carbocycles. The summed E-state index contributed by atoms with van der Waals surface area (Å²) in [5.41, 5.74) is 3.49. The molecule has 0 spiro atoms. The number of rotatable bonds is 11. The normalized spacial score (nSPS) is 11.8. The van der Waals surface area contributed by atoms with Crippen molar-refractivity contribution in [1.29, 1.82) is 0 Å². The molecule has 2 aromatic heterocycles. The van der Waals surface area contributed by atoms with Gasteiger partial charge in [0.1, 0.15) is 17.1 Å². The molecule has 1 N–H and O–H groups in total. The van der Waals surface area contributed by atoms with E-state index in [-0.39, 0.29) is 5.56 Å². The number of ether oxygens (including phenoxy) is 1. The maximum Gasteiger partial charge on any atom is 0.277 e. The third kappa shape index (κ3) is 5.55. The second-order valence-electron chi connectivity index (χ2n) is 8.65. The standard InChI is InChI=1S/C27H41N7O2/c1-8-14-21-23-24(32(7)31-21)26(35)30-25(29-23)20-18-19(15-16-22(20)36-17-9-2)34(13-6)27(28-10-3)33(11-4)12-5/h15-16,18H,8-14,17H2,1-7H3,(H,29,30,35). The Balaban J connectivity index is 2.22. The van der Waals surface area contributed by atoms with Gasteiger partial charge in [-0.3, -0.25) is 14.5 Å². The van der Waals surface area contributed by atoms with Gasteiger partial charge in [0.2, 0.25) is 5.96 Å². The zero-order valence-corrected chi connectivity index (χ0v) is 22.9. The minimum Gasteiger partial charge on any atom is -0.493 e. The smallest absolute Gasteiger partial charge is 0.277 e. The fourth-order valence-electron chi connectivity index (χ4n) is 4.43. The Kier molecular flexibility index (Phi) is 9.50. The average Bonchev–Trinajstić information content (AvgIpc) is 3.19. The number of nitrogens with one attached hydrogen (secondary N) is 1. The average molecular weight is 496 g/mol. The summed E-state index contributed by atoms with van der Waals surface area (Å²) in [4.78, 5) is 30.3. The van der Waals surface area contributed by atoms with E-state index < -0.39 is 0 Å². The summed E-state index contributed by atoms with van der Waals surface area (Å²) >= 11 is 0. The van der Waals surface area contributed by atoms with Gasteiger partial charge < -0.3 is 19.5 Å². The monoisotopic (exact) mass is 495 g/mol. The zero-order chi connectivity index (χ0) is 26.2. The number of nitrogens with zero attached hydrogens (tertiary/aromatic N) is 6. The molecule has 0 bridgehead atoms. The minimum atomic E-state index is -0.206. The van der Waals surface area contributed by atoms with Crippen molar-refractivity contribution < 1.29 is 4.74 Å². The summed E-state index contributed by atoms with van der Waals surface area (Å²) in [6, 6.07) is 6.06. The minimum absolute atomic E-state index is 0.206. The third-order valence-corrected chi connectivity index (χ3v) is 6.14. The van der Waals surface area contributed by atoms with Crippen LogP contribution in [0.2, 0.25) is 0 Å². The van der Waals surface area contributed by atoms with Crippen molar-refractivity contribution >= 4 is 22.7 Å². The predicted molar refractivity (Wildman–Crippen MR) is 148 cm³/mol. The van der Waals surface area contributed by atoms with Gasteiger partial charge in [0, 0.05) is 38.9 Å². The lowest BCUT2D eigenvalue weighted by Crippen LogP contribution is -2.44. The lowest BCUT2D eigenvalue weighted by atomic mass is 10.1. The number of hydrogen-bond acceptors (Lipinski definition) is 5. The van der Waals surface area contributed by atoms with Gasteiger partial charge in [-0.15, -0.1) is 0 Å². The highest BCUT2D eigenvalue weighted by atomic mass is 16.5. The van der Waals surface area contributed by atoms with Crippen molar-refractivity contribution in [1.82, 2.24) is 24.6 Å².